The molecule has 0 unspecified atom stereocenters. The van der Waals surface area contributed by atoms with E-state index in [1.807, 2.05) is 0 Å². The Bertz CT molecular complexity index is 4280. The molecule has 14 aromatic rings. The monoisotopic (exact) mass is 1030 g/mol. The summed E-state index contributed by atoms with van der Waals surface area (Å²) in [6, 6.07) is 102. The summed E-state index contributed by atoms with van der Waals surface area (Å²) >= 11 is 0. The lowest BCUT2D eigenvalue weighted by Crippen LogP contribution is -2.10. The van der Waals surface area contributed by atoms with E-state index in [-0.39, 0.29) is 0 Å². The summed E-state index contributed by atoms with van der Waals surface area (Å²) in [6.07, 6.45) is 0. The number of fused-ring (bicyclic) bond motifs is 4. The molecule has 0 saturated heterocycles. The van der Waals surface area contributed by atoms with Crippen molar-refractivity contribution in [2.24, 2.45) is 0 Å². The van der Waals surface area contributed by atoms with Gasteiger partial charge < -0.3 is 18.9 Å². The van der Waals surface area contributed by atoms with Crippen molar-refractivity contribution >= 4 is 77.5 Å². The van der Waals surface area contributed by atoms with E-state index in [1.54, 1.807) is 0 Å². The van der Waals surface area contributed by atoms with Gasteiger partial charge in [0.15, 0.2) is 0 Å². The lowest BCUT2D eigenvalue weighted by molar-refractivity contribution is 1.12. The second kappa shape index (κ2) is 20.0. The molecule has 0 N–H and O–H groups in total. The fourth-order valence-corrected chi connectivity index (χ4v) is 12.2. The Balaban J connectivity index is 0.868. The summed E-state index contributed by atoms with van der Waals surface area (Å²) in [5.74, 6) is 0. The number of rotatable bonds is 11. The number of aromatic nitrogens is 2. The average molecular weight is 1030 g/mol. The van der Waals surface area contributed by atoms with Crippen LogP contribution in [0.5, 0.6) is 0 Å². The molecule has 12 aromatic carbocycles. The predicted molar refractivity (Wildman–Crippen MR) is 340 cm³/mol. The van der Waals surface area contributed by atoms with E-state index >= 15 is 0 Å². The van der Waals surface area contributed by atoms with Crippen LogP contribution in [-0.4, -0.2) is 9.13 Å². The van der Waals surface area contributed by atoms with Crippen molar-refractivity contribution in [3.8, 4) is 45.0 Å². The molecule has 14 rings (SSSR count). The molecule has 0 fully saturated rings. The normalized spacial score (nSPS) is 11.5. The van der Waals surface area contributed by atoms with E-state index in [1.165, 1.54) is 99.2 Å². The molecule has 0 amide bonds. The zero-order chi connectivity index (χ0) is 53.8. The maximum atomic E-state index is 2.45. The maximum Gasteiger partial charge on any atom is 0.0570 e. The van der Waals surface area contributed by atoms with E-state index in [0.717, 1.165) is 45.5 Å². The molecule has 2 aromatic heterocycles. The van der Waals surface area contributed by atoms with Crippen LogP contribution in [0.3, 0.4) is 0 Å². The Kier molecular flexibility index (Phi) is 12.1. The molecule has 0 radical (unpaired) electrons. The Labute approximate surface area is 467 Å². The number of anilines is 6. The van der Waals surface area contributed by atoms with Crippen LogP contribution in [0.4, 0.5) is 34.1 Å². The minimum atomic E-state index is 1.10. The first-order chi connectivity index (χ1) is 39.3. The largest absolute Gasteiger partial charge is 0.310 e. The minimum absolute atomic E-state index is 1.10. The quantitative estimate of drug-likeness (QED) is 0.128. The molecular weight excluding hydrogens is 969 g/mol. The van der Waals surface area contributed by atoms with Gasteiger partial charge in [-0.15, -0.1) is 0 Å². The standard InChI is InChI=1S/C76H58N4/c1-51-29-35-61(36-30-51)77(71-27-15-23-55-17-11-13-25-67(55)71)63-39-43-65(44-40-63)79-73-47-33-59(49-69(73)53(3)75(79)57-19-7-5-8-20-57)60-34-48-74-70(50-60)54(4)76(58-21-9-6-10-22-58)80(74)66-45-41-64(42-46-66)78(62-37-31-52(2)32-38-62)72-28-16-24-56-18-12-14-26-68(56)72/h5-50H,1-4H3. The molecule has 0 aliphatic carbocycles. The second-order valence-corrected chi connectivity index (χ2v) is 21.2. The van der Waals surface area contributed by atoms with Crippen molar-refractivity contribution in [3.05, 3.63) is 301 Å². The molecule has 0 aliphatic heterocycles. The molecule has 382 valence electrons. The van der Waals surface area contributed by atoms with Crippen molar-refractivity contribution in [1.29, 1.82) is 0 Å². The third-order valence-electron chi connectivity index (χ3n) is 16.2. The van der Waals surface area contributed by atoms with Gasteiger partial charge in [-0.05, 0) is 181 Å². The predicted octanol–water partition coefficient (Wildman–Crippen LogP) is 21.1. The number of hydrogen-bond donors (Lipinski definition) is 0. The zero-order valence-electron chi connectivity index (χ0n) is 45.3. The molecule has 0 bridgehead atoms. The lowest BCUT2D eigenvalue weighted by Gasteiger charge is -2.27. The first kappa shape index (κ1) is 48.2. The van der Waals surface area contributed by atoms with E-state index in [0.29, 0.717) is 0 Å². The van der Waals surface area contributed by atoms with Crippen LogP contribution in [0.1, 0.15) is 22.3 Å². The van der Waals surface area contributed by atoms with Gasteiger partial charge in [-0.3, -0.25) is 0 Å². The first-order valence-electron chi connectivity index (χ1n) is 27.7. The van der Waals surface area contributed by atoms with Gasteiger partial charge in [-0.1, -0.05) is 181 Å². The van der Waals surface area contributed by atoms with Gasteiger partial charge in [0, 0.05) is 55.7 Å². The summed E-state index contributed by atoms with van der Waals surface area (Å²) in [5.41, 5.74) is 23.3. The van der Waals surface area contributed by atoms with Crippen LogP contribution in [0, 0.1) is 27.7 Å². The summed E-state index contributed by atoms with van der Waals surface area (Å²) < 4.78 is 4.91. The van der Waals surface area contributed by atoms with E-state index in [4.69, 9.17) is 0 Å². The molecule has 0 saturated carbocycles. The number of hydrogen-bond acceptors (Lipinski definition) is 2. The number of aryl methyl sites for hydroxylation is 4. The Morgan fingerprint density at radius 1 is 0.263 bits per heavy atom. The summed E-state index contributed by atoms with van der Waals surface area (Å²) in [5, 5.41) is 7.30. The highest BCUT2D eigenvalue weighted by molar-refractivity contribution is 6.02. The van der Waals surface area contributed by atoms with Crippen molar-refractivity contribution in [1.82, 2.24) is 9.13 Å². The van der Waals surface area contributed by atoms with E-state index in [9.17, 15) is 0 Å². The Hall–Kier alpha value is -10.2. The van der Waals surface area contributed by atoms with Crippen LogP contribution >= 0.6 is 0 Å². The van der Waals surface area contributed by atoms with Gasteiger partial charge in [0.2, 0.25) is 0 Å². The molecule has 80 heavy (non-hydrogen) atoms. The Morgan fingerprint density at radius 3 is 0.988 bits per heavy atom. The molecule has 0 aliphatic rings. The van der Waals surface area contributed by atoms with Gasteiger partial charge in [0.25, 0.3) is 0 Å². The van der Waals surface area contributed by atoms with Crippen molar-refractivity contribution in [2.75, 3.05) is 9.80 Å². The fraction of sp³-hybridized carbons (Fsp3) is 0.0526. The third kappa shape index (κ3) is 8.41. The van der Waals surface area contributed by atoms with Gasteiger partial charge in [-0.25, -0.2) is 0 Å². The van der Waals surface area contributed by atoms with E-state index in [2.05, 4.69) is 326 Å². The lowest BCUT2D eigenvalue weighted by atomic mass is 9.99. The third-order valence-corrected chi connectivity index (χ3v) is 16.2. The molecule has 4 nitrogen and oxygen atoms in total. The SMILES string of the molecule is Cc1ccc(N(c2ccc(-n3c(-c4ccccc4)c(C)c4cc(-c5ccc6c(c5)c(C)c(-c5ccccc5)n6-c5ccc(N(c6ccc(C)cc6)c6cccc7ccccc67)cc5)ccc43)cc2)c2cccc3ccccc23)cc1. The smallest absolute Gasteiger partial charge is 0.0570 e. The highest BCUT2D eigenvalue weighted by atomic mass is 15.2. The van der Waals surface area contributed by atoms with Gasteiger partial charge in [0.05, 0.1) is 33.8 Å². The highest BCUT2D eigenvalue weighted by Gasteiger charge is 2.23. The summed E-state index contributed by atoms with van der Waals surface area (Å²) in [4.78, 5) is 4.77. The maximum absolute atomic E-state index is 2.45. The van der Waals surface area contributed by atoms with Crippen LogP contribution in [0.25, 0.3) is 88.4 Å². The average Bonchev–Trinajstić information content (AvgIpc) is 4.08. The first-order valence-corrected chi connectivity index (χ1v) is 27.7. The molecule has 0 spiro atoms. The van der Waals surface area contributed by atoms with E-state index < -0.39 is 0 Å². The minimum Gasteiger partial charge on any atom is -0.310 e. The van der Waals surface area contributed by atoms with Crippen LogP contribution < -0.4 is 9.80 Å². The molecule has 2 heterocycles. The second-order valence-electron chi connectivity index (χ2n) is 21.2. The van der Waals surface area contributed by atoms with Gasteiger partial charge >= 0.3 is 0 Å². The summed E-state index contributed by atoms with van der Waals surface area (Å²) in [7, 11) is 0. The van der Waals surface area contributed by atoms with Crippen LogP contribution in [0.2, 0.25) is 0 Å². The molecular formula is C76H58N4. The van der Waals surface area contributed by atoms with Crippen molar-refractivity contribution in [2.45, 2.75) is 27.7 Å². The van der Waals surface area contributed by atoms with Crippen molar-refractivity contribution in [3.63, 3.8) is 0 Å². The number of nitrogens with zero attached hydrogens (tertiary/aromatic N) is 4. The summed E-state index contributed by atoms with van der Waals surface area (Å²) in [6.45, 7) is 8.86. The topological polar surface area (TPSA) is 16.3 Å². The van der Waals surface area contributed by atoms with Gasteiger partial charge in [0.1, 0.15) is 0 Å². The zero-order valence-corrected chi connectivity index (χ0v) is 45.3. The van der Waals surface area contributed by atoms with Crippen LogP contribution in [-0.2, 0) is 0 Å². The highest BCUT2D eigenvalue weighted by Crippen LogP contribution is 2.45. The molecule has 4 heteroatoms. The number of benzene rings is 12. The van der Waals surface area contributed by atoms with Crippen molar-refractivity contribution < 1.29 is 0 Å². The Morgan fingerprint density at radius 2 is 0.600 bits per heavy atom. The fourth-order valence-electron chi connectivity index (χ4n) is 12.2. The van der Waals surface area contributed by atoms with Crippen LogP contribution in [0.15, 0.2) is 279 Å². The molecule has 0 atom stereocenters. The van der Waals surface area contributed by atoms with Gasteiger partial charge in [-0.2, -0.15) is 0 Å².